The van der Waals surface area contributed by atoms with Crippen LogP contribution in [0.1, 0.15) is 17.4 Å². The zero-order chi connectivity index (χ0) is 17.8. The predicted octanol–water partition coefficient (Wildman–Crippen LogP) is 3.57. The van der Waals surface area contributed by atoms with Gasteiger partial charge < -0.3 is 10.2 Å². The van der Waals surface area contributed by atoms with Gasteiger partial charge in [0, 0.05) is 24.2 Å². The number of thioether (sulfide) groups is 1. The molecular weight excluding hydrogens is 346 g/mol. The van der Waals surface area contributed by atoms with E-state index < -0.39 is 11.2 Å². The molecule has 0 spiro atoms. The van der Waals surface area contributed by atoms with E-state index in [-0.39, 0.29) is 36.4 Å². The van der Waals surface area contributed by atoms with Crippen molar-refractivity contribution in [2.24, 2.45) is 0 Å². The smallest absolute Gasteiger partial charge is 0.233 e. The molecule has 1 saturated heterocycles. The van der Waals surface area contributed by atoms with Crippen LogP contribution in [0.5, 0.6) is 0 Å². The van der Waals surface area contributed by atoms with Gasteiger partial charge in [0.15, 0.2) is 0 Å². The number of benzene rings is 2. The first-order chi connectivity index (χ1) is 12.0. The van der Waals surface area contributed by atoms with E-state index in [1.54, 1.807) is 24.3 Å². The highest BCUT2D eigenvalue weighted by atomic mass is 32.2. The predicted molar refractivity (Wildman–Crippen MR) is 93.0 cm³/mol. The molecule has 0 saturated carbocycles. The van der Waals surface area contributed by atoms with Crippen LogP contribution in [0.15, 0.2) is 48.5 Å². The first kappa shape index (κ1) is 17.4. The molecule has 0 radical (unpaired) electrons. The minimum Gasteiger partial charge on any atom is -0.326 e. The first-order valence-corrected chi connectivity index (χ1v) is 8.80. The highest BCUT2D eigenvalue weighted by Crippen LogP contribution is 2.39. The molecule has 25 heavy (non-hydrogen) atoms. The van der Waals surface area contributed by atoms with Gasteiger partial charge in [0.25, 0.3) is 0 Å². The monoisotopic (exact) mass is 362 g/mol. The maximum atomic E-state index is 14.0. The fraction of sp³-hybridized carbons (Fsp3) is 0.222. The summed E-state index contributed by atoms with van der Waals surface area (Å²) in [5.41, 5.74) is 0.793. The van der Waals surface area contributed by atoms with Crippen molar-refractivity contribution in [3.63, 3.8) is 0 Å². The van der Waals surface area contributed by atoms with E-state index in [1.165, 1.54) is 40.9 Å². The Morgan fingerprint density at radius 2 is 2.00 bits per heavy atom. The van der Waals surface area contributed by atoms with Gasteiger partial charge in [-0.2, -0.15) is 0 Å². The molecule has 1 fully saturated rings. The molecule has 2 aromatic rings. The van der Waals surface area contributed by atoms with Crippen LogP contribution in [-0.4, -0.2) is 29.0 Å². The average Bonchev–Trinajstić information content (AvgIpc) is 2.94. The zero-order valence-corrected chi connectivity index (χ0v) is 14.1. The summed E-state index contributed by atoms with van der Waals surface area (Å²) in [4.78, 5) is 25.6. The summed E-state index contributed by atoms with van der Waals surface area (Å²) in [7, 11) is 0. The van der Waals surface area contributed by atoms with Gasteiger partial charge in [-0.3, -0.25) is 9.59 Å². The molecule has 1 aliphatic heterocycles. The van der Waals surface area contributed by atoms with Crippen molar-refractivity contribution in [3.05, 3.63) is 65.7 Å². The molecule has 1 atom stereocenters. The maximum Gasteiger partial charge on any atom is 0.233 e. The van der Waals surface area contributed by atoms with Crippen molar-refractivity contribution in [2.75, 3.05) is 17.6 Å². The number of anilines is 1. The van der Waals surface area contributed by atoms with Crippen LogP contribution in [0.25, 0.3) is 0 Å². The van der Waals surface area contributed by atoms with Crippen molar-refractivity contribution >= 4 is 29.3 Å². The summed E-state index contributed by atoms with van der Waals surface area (Å²) in [6.07, 6.45) is 0.0494. The Morgan fingerprint density at radius 3 is 2.76 bits per heavy atom. The normalized spacial score (nSPS) is 17.0. The molecule has 0 unspecified atom stereocenters. The Hall–Kier alpha value is -2.41. The Balaban J connectivity index is 1.63. The average molecular weight is 362 g/mol. The van der Waals surface area contributed by atoms with E-state index >= 15 is 0 Å². The summed E-state index contributed by atoms with van der Waals surface area (Å²) in [6, 6.07) is 11.9. The maximum absolute atomic E-state index is 14.0. The third kappa shape index (κ3) is 4.17. The summed E-state index contributed by atoms with van der Waals surface area (Å²) in [5.74, 6) is -1.02. The first-order valence-electron chi connectivity index (χ1n) is 7.75. The molecule has 7 heteroatoms. The molecule has 0 aromatic heterocycles. The number of halogens is 2. The third-order valence-electron chi connectivity index (χ3n) is 3.83. The van der Waals surface area contributed by atoms with Crippen LogP contribution in [0.2, 0.25) is 0 Å². The number of amides is 2. The molecule has 0 bridgehead atoms. The number of hydrogen-bond donors (Lipinski definition) is 1. The quantitative estimate of drug-likeness (QED) is 0.885. The zero-order valence-electron chi connectivity index (χ0n) is 13.2. The number of rotatable bonds is 5. The SMILES string of the molecule is O=C(CCN1C(=O)CS[C@H]1c1ccccc1F)Nc1cccc(F)c1. The lowest BCUT2D eigenvalue weighted by Gasteiger charge is -2.24. The van der Waals surface area contributed by atoms with E-state index in [2.05, 4.69) is 5.32 Å². The van der Waals surface area contributed by atoms with Gasteiger partial charge in [0.1, 0.15) is 17.0 Å². The standard InChI is InChI=1S/C18H16F2N2O2S/c19-12-4-3-5-13(10-12)21-16(23)8-9-22-17(24)11-25-18(22)14-6-1-2-7-15(14)20/h1-7,10,18H,8-9,11H2,(H,21,23)/t18-/m0/s1. The summed E-state index contributed by atoms with van der Waals surface area (Å²) in [6.45, 7) is 0.173. The van der Waals surface area contributed by atoms with Crippen LogP contribution in [0, 0.1) is 11.6 Å². The molecule has 4 nitrogen and oxygen atoms in total. The summed E-state index contributed by atoms with van der Waals surface area (Å²) in [5, 5.41) is 2.16. The van der Waals surface area contributed by atoms with E-state index in [4.69, 9.17) is 0 Å². The fourth-order valence-electron chi connectivity index (χ4n) is 2.64. The number of carbonyl (C=O) groups is 2. The Morgan fingerprint density at radius 1 is 1.20 bits per heavy atom. The lowest BCUT2D eigenvalue weighted by molar-refractivity contribution is -0.128. The van der Waals surface area contributed by atoms with Crippen LogP contribution < -0.4 is 5.32 Å². The van der Waals surface area contributed by atoms with Gasteiger partial charge in [-0.05, 0) is 24.3 Å². The lowest BCUT2D eigenvalue weighted by atomic mass is 10.2. The van der Waals surface area contributed by atoms with Crippen LogP contribution in [0.3, 0.4) is 0 Å². The van der Waals surface area contributed by atoms with Gasteiger partial charge >= 0.3 is 0 Å². The van der Waals surface area contributed by atoms with Crippen LogP contribution >= 0.6 is 11.8 Å². The topological polar surface area (TPSA) is 49.4 Å². The highest BCUT2D eigenvalue weighted by Gasteiger charge is 2.34. The number of nitrogens with one attached hydrogen (secondary N) is 1. The number of nitrogens with zero attached hydrogens (tertiary/aromatic N) is 1. The van der Waals surface area contributed by atoms with Crippen molar-refractivity contribution in [2.45, 2.75) is 11.8 Å². The van der Waals surface area contributed by atoms with Gasteiger partial charge in [0.05, 0.1) is 5.75 Å². The number of carbonyl (C=O) groups excluding carboxylic acids is 2. The van der Waals surface area contributed by atoms with Crippen molar-refractivity contribution in [1.29, 1.82) is 0 Å². The molecule has 1 heterocycles. The molecule has 130 valence electrons. The molecule has 2 amide bonds. The minimum atomic E-state index is -0.441. The van der Waals surface area contributed by atoms with Crippen molar-refractivity contribution in [1.82, 2.24) is 4.90 Å². The molecular formula is C18H16F2N2O2S. The summed E-state index contributed by atoms with van der Waals surface area (Å²) >= 11 is 1.34. The minimum absolute atomic E-state index is 0.0494. The summed E-state index contributed by atoms with van der Waals surface area (Å²) < 4.78 is 27.1. The van der Waals surface area contributed by atoms with Gasteiger partial charge in [-0.25, -0.2) is 8.78 Å². The highest BCUT2D eigenvalue weighted by molar-refractivity contribution is 8.00. The van der Waals surface area contributed by atoms with Crippen molar-refractivity contribution in [3.8, 4) is 0 Å². The van der Waals surface area contributed by atoms with E-state index in [1.807, 2.05) is 0 Å². The Labute approximate surface area is 148 Å². The van der Waals surface area contributed by atoms with Gasteiger partial charge in [0.2, 0.25) is 11.8 Å². The van der Waals surface area contributed by atoms with Crippen LogP contribution in [-0.2, 0) is 9.59 Å². The number of hydrogen-bond acceptors (Lipinski definition) is 3. The Bertz CT molecular complexity index is 800. The molecule has 0 aliphatic carbocycles. The van der Waals surface area contributed by atoms with Gasteiger partial charge in [-0.15, -0.1) is 11.8 Å². The second kappa shape index (κ2) is 7.65. The lowest BCUT2D eigenvalue weighted by Crippen LogP contribution is -2.31. The second-order valence-electron chi connectivity index (χ2n) is 5.58. The Kier molecular flexibility index (Phi) is 5.33. The fourth-order valence-corrected chi connectivity index (χ4v) is 3.88. The third-order valence-corrected chi connectivity index (χ3v) is 5.07. The van der Waals surface area contributed by atoms with Crippen LogP contribution in [0.4, 0.5) is 14.5 Å². The van der Waals surface area contributed by atoms with E-state index in [9.17, 15) is 18.4 Å². The van der Waals surface area contributed by atoms with E-state index in [0.717, 1.165) is 0 Å². The molecule has 2 aromatic carbocycles. The molecule has 1 N–H and O–H groups in total. The molecule has 1 aliphatic rings. The molecule has 3 rings (SSSR count). The van der Waals surface area contributed by atoms with Gasteiger partial charge in [-0.1, -0.05) is 24.3 Å². The van der Waals surface area contributed by atoms with E-state index in [0.29, 0.717) is 11.3 Å². The largest absolute Gasteiger partial charge is 0.326 e. The van der Waals surface area contributed by atoms with Crippen molar-refractivity contribution < 1.29 is 18.4 Å². The second-order valence-corrected chi connectivity index (χ2v) is 6.65.